The van der Waals surface area contributed by atoms with Crippen molar-refractivity contribution >= 4 is 0 Å². The molecule has 16 heavy (non-hydrogen) atoms. The molecule has 0 amide bonds. The van der Waals surface area contributed by atoms with Gasteiger partial charge in [0, 0.05) is 24.7 Å². The van der Waals surface area contributed by atoms with Gasteiger partial charge in [0.25, 0.3) is 0 Å². The summed E-state index contributed by atoms with van der Waals surface area (Å²) < 4.78 is 0. The first-order chi connectivity index (χ1) is 7.48. The SMILES string of the molecule is CCC(C(C)C)N1CC2CNCC2C1(C)C. The molecule has 2 nitrogen and oxygen atoms in total. The number of hydrogen-bond acceptors (Lipinski definition) is 2. The average molecular weight is 224 g/mol. The van der Waals surface area contributed by atoms with Crippen LogP contribution >= 0.6 is 0 Å². The van der Waals surface area contributed by atoms with E-state index in [0.717, 1.165) is 23.8 Å². The molecule has 0 bridgehead atoms. The monoisotopic (exact) mass is 224 g/mol. The number of rotatable bonds is 3. The van der Waals surface area contributed by atoms with Gasteiger partial charge in [-0.3, -0.25) is 4.90 Å². The molecule has 2 heterocycles. The molecule has 2 aliphatic heterocycles. The zero-order valence-corrected chi connectivity index (χ0v) is 11.6. The Morgan fingerprint density at radius 1 is 1.31 bits per heavy atom. The normalized spacial score (nSPS) is 35.6. The second-order valence-corrected chi connectivity index (χ2v) is 6.55. The summed E-state index contributed by atoms with van der Waals surface area (Å²) in [5, 5.41) is 3.56. The highest BCUT2D eigenvalue weighted by Gasteiger charge is 2.51. The van der Waals surface area contributed by atoms with E-state index in [-0.39, 0.29) is 0 Å². The lowest BCUT2D eigenvalue weighted by atomic mass is 9.83. The van der Waals surface area contributed by atoms with Gasteiger partial charge in [-0.15, -0.1) is 0 Å². The van der Waals surface area contributed by atoms with E-state index in [4.69, 9.17) is 0 Å². The Kier molecular flexibility index (Phi) is 3.33. The van der Waals surface area contributed by atoms with Crippen molar-refractivity contribution in [2.75, 3.05) is 19.6 Å². The van der Waals surface area contributed by atoms with E-state index in [1.807, 2.05) is 0 Å². The lowest BCUT2D eigenvalue weighted by molar-refractivity contribution is 0.0622. The van der Waals surface area contributed by atoms with E-state index in [2.05, 4.69) is 44.8 Å². The molecule has 3 atom stereocenters. The molecule has 0 aromatic carbocycles. The molecule has 94 valence electrons. The van der Waals surface area contributed by atoms with E-state index in [1.165, 1.54) is 26.1 Å². The second-order valence-electron chi connectivity index (χ2n) is 6.55. The van der Waals surface area contributed by atoms with Crippen LogP contribution in [0.5, 0.6) is 0 Å². The molecule has 0 radical (unpaired) electrons. The van der Waals surface area contributed by atoms with Crippen LogP contribution in [0.15, 0.2) is 0 Å². The lowest BCUT2D eigenvalue weighted by Crippen LogP contribution is -2.51. The zero-order chi connectivity index (χ0) is 11.9. The van der Waals surface area contributed by atoms with Gasteiger partial charge < -0.3 is 5.32 Å². The summed E-state index contributed by atoms with van der Waals surface area (Å²) in [5.41, 5.74) is 0.388. The highest BCUT2D eigenvalue weighted by molar-refractivity contribution is 5.06. The minimum Gasteiger partial charge on any atom is -0.316 e. The third-order valence-electron chi connectivity index (χ3n) is 5.01. The highest BCUT2D eigenvalue weighted by atomic mass is 15.3. The van der Waals surface area contributed by atoms with Crippen LogP contribution in [-0.4, -0.2) is 36.1 Å². The largest absolute Gasteiger partial charge is 0.316 e. The highest BCUT2D eigenvalue weighted by Crippen LogP contribution is 2.43. The van der Waals surface area contributed by atoms with Crippen molar-refractivity contribution in [3.05, 3.63) is 0 Å². The summed E-state index contributed by atoms with van der Waals surface area (Å²) in [7, 11) is 0. The van der Waals surface area contributed by atoms with Crippen molar-refractivity contribution in [1.29, 1.82) is 0 Å². The smallest absolute Gasteiger partial charge is 0.0200 e. The number of hydrogen-bond donors (Lipinski definition) is 1. The molecule has 2 saturated heterocycles. The van der Waals surface area contributed by atoms with Crippen molar-refractivity contribution in [1.82, 2.24) is 10.2 Å². The quantitative estimate of drug-likeness (QED) is 0.791. The molecule has 2 aliphatic rings. The summed E-state index contributed by atoms with van der Waals surface area (Å²) in [6, 6.07) is 0.764. The molecule has 0 spiro atoms. The first kappa shape index (κ1) is 12.4. The Hall–Kier alpha value is -0.0800. The number of nitrogens with zero attached hydrogens (tertiary/aromatic N) is 1. The van der Waals surface area contributed by atoms with Gasteiger partial charge in [0.15, 0.2) is 0 Å². The van der Waals surface area contributed by atoms with Crippen molar-refractivity contribution < 1.29 is 0 Å². The number of nitrogens with one attached hydrogen (secondary N) is 1. The van der Waals surface area contributed by atoms with Crippen LogP contribution in [0.3, 0.4) is 0 Å². The van der Waals surface area contributed by atoms with Gasteiger partial charge in [-0.2, -0.15) is 0 Å². The van der Waals surface area contributed by atoms with Gasteiger partial charge in [0.2, 0.25) is 0 Å². The molecule has 0 saturated carbocycles. The third kappa shape index (κ3) is 1.80. The first-order valence-electron chi connectivity index (χ1n) is 6.96. The first-order valence-corrected chi connectivity index (χ1v) is 6.96. The Balaban J connectivity index is 2.17. The van der Waals surface area contributed by atoms with Crippen molar-refractivity contribution in [3.8, 4) is 0 Å². The fourth-order valence-corrected chi connectivity index (χ4v) is 4.07. The molecular formula is C14H28N2. The van der Waals surface area contributed by atoms with Crippen LogP contribution in [0.1, 0.15) is 41.0 Å². The Bertz CT molecular complexity index is 247. The predicted octanol–water partition coefficient (Wildman–Crippen LogP) is 2.35. The Morgan fingerprint density at radius 3 is 2.50 bits per heavy atom. The Labute approximate surface area is 101 Å². The molecule has 0 aromatic rings. The summed E-state index contributed by atoms with van der Waals surface area (Å²) in [5.74, 6) is 2.53. The minimum atomic E-state index is 0.388. The number of likely N-dealkylation sites (tertiary alicyclic amines) is 1. The summed E-state index contributed by atoms with van der Waals surface area (Å²) in [6.45, 7) is 15.8. The van der Waals surface area contributed by atoms with Gasteiger partial charge in [-0.25, -0.2) is 0 Å². The minimum absolute atomic E-state index is 0.388. The standard InChI is InChI=1S/C14H28N2/c1-6-13(10(2)3)16-9-11-7-15-8-12(11)14(16,4)5/h10-13,15H,6-9H2,1-5H3. The molecular weight excluding hydrogens is 196 g/mol. The predicted molar refractivity (Wildman–Crippen MR) is 69.6 cm³/mol. The van der Waals surface area contributed by atoms with Gasteiger partial charge in [-0.05, 0) is 44.6 Å². The Morgan fingerprint density at radius 2 is 2.00 bits per heavy atom. The van der Waals surface area contributed by atoms with Crippen molar-refractivity contribution in [2.45, 2.75) is 52.6 Å². The number of fused-ring (bicyclic) bond motifs is 1. The molecule has 0 aromatic heterocycles. The van der Waals surface area contributed by atoms with Gasteiger partial charge in [-0.1, -0.05) is 20.8 Å². The van der Waals surface area contributed by atoms with E-state index >= 15 is 0 Å². The summed E-state index contributed by atoms with van der Waals surface area (Å²) in [6.07, 6.45) is 1.29. The van der Waals surface area contributed by atoms with E-state index in [9.17, 15) is 0 Å². The fraction of sp³-hybridized carbons (Fsp3) is 1.00. The van der Waals surface area contributed by atoms with Crippen LogP contribution in [0.2, 0.25) is 0 Å². The van der Waals surface area contributed by atoms with E-state index < -0.39 is 0 Å². The van der Waals surface area contributed by atoms with Crippen LogP contribution < -0.4 is 5.32 Å². The second kappa shape index (κ2) is 4.30. The average Bonchev–Trinajstić information content (AvgIpc) is 2.72. The topological polar surface area (TPSA) is 15.3 Å². The van der Waals surface area contributed by atoms with Crippen molar-refractivity contribution in [2.24, 2.45) is 17.8 Å². The van der Waals surface area contributed by atoms with E-state index in [0.29, 0.717) is 5.54 Å². The van der Waals surface area contributed by atoms with Gasteiger partial charge in [0.05, 0.1) is 0 Å². The van der Waals surface area contributed by atoms with Gasteiger partial charge >= 0.3 is 0 Å². The molecule has 2 heteroatoms. The van der Waals surface area contributed by atoms with Crippen LogP contribution in [0, 0.1) is 17.8 Å². The third-order valence-corrected chi connectivity index (χ3v) is 5.01. The van der Waals surface area contributed by atoms with E-state index in [1.54, 1.807) is 0 Å². The van der Waals surface area contributed by atoms with Gasteiger partial charge in [0.1, 0.15) is 0 Å². The molecule has 2 rings (SSSR count). The zero-order valence-electron chi connectivity index (χ0n) is 11.6. The van der Waals surface area contributed by atoms with Crippen molar-refractivity contribution in [3.63, 3.8) is 0 Å². The van der Waals surface area contributed by atoms with Crippen LogP contribution in [-0.2, 0) is 0 Å². The lowest BCUT2D eigenvalue weighted by Gasteiger charge is -2.42. The summed E-state index contributed by atoms with van der Waals surface area (Å²) in [4.78, 5) is 2.80. The maximum atomic E-state index is 3.56. The maximum Gasteiger partial charge on any atom is 0.0200 e. The van der Waals surface area contributed by atoms with Crippen LogP contribution in [0.4, 0.5) is 0 Å². The summed E-state index contributed by atoms with van der Waals surface area (Å²) >= 11 is 0. The molecule has 2 fully saturated rings. The molecule has 3 unspecified atom stereocenters. The molecule has 0 aliphatic carbocycles. The maximum absolute atomic E-state index is 3.56. The molecule has 1 N–H and O–H groups in total. The van der Waals surface area contributed by atoms with Crippen LogP contribution in [0.25, 0.3) is 0 Å². The fourth-order valence-electron chi connectivity index (χ4n) is 4.07.